The topological polar surface area (TPSA) is 68.8 Å². The number of aromatic nitrogens is 1. The van der Waals surface area contributed by atoms with Crippen LogP contribution in [0.2, 0.25) is 0 Å². The molecule has 1 aromatic heterocycles. The number of hydrogen-bond donors (Lipinski definition) is 1. The molecule has 2 aliphatic heterocycles. The second-order valence-electron chi connectivity index (χ2n) is 6.27. The molecule has 0 radical (unpaired) electrons. The van der Waals surface area contributed by atoms with Gasteiger partial charge in [0, 0.05) is 57.0 Å². The lowest BCUT2D eigenvalue weighted by atomic mass is 10.2. The molecule has 3 amide bonds. The van der Waals surface area contributed by atoms with Gasteiger partial charge < -0.3 is 20.0 Å². The van der Waals surface area contributed by atoms with Gasteiger partial charge >= 0.3 is 6.03 Å². The van der Waals surface area contributed by atoms with Gasteiger partial charge in [-0.2, -0.15) is 11.8 Å². The normalized spacial score (nSPS) is 19.5. The first-order valence-electron chi connectivity index (χ1n) is 8.73. The minimum atomic E-state index is -0.482. The van der Waals surface area contributed by atoms with Crippen LogP contribution in [0.15, 0.2) is 24.4 Å². The van der Waals surface area contributed by atoms with Gasteiger partial charge in [0.15, 0.2) is 0 Å². The third-order valence-corrected chi connectivity index (χ3v) is 5.52. The number of carbonyl (C=O) groups is 2. The molecule has 2 fully saturated rings. The Hall–Kier alpha value is -1.96. The van der Waals surface area contributed by atoms with E-state index in [2.05, 4.69) is 15.2 Å². The van der Waals surface area contributed by atoms with Crippen LogP contribution in [0.3, 0.4) is 0 Å². The molecule has 2 aliphatic rings. The van der Waals surface area contributed by atoms with Crippen LogP contribution >= 0.6 is 11.8 Å². The summed E-state index contributed by atoms with van der Waals surface area (Å²) in [5.74, 6) is 2.90. The molecular weight excluding hydrogens is 338 g/mol. The molecule has 25 heavy (non-hydrogen) atoms. The number of piperazine rings is 1. The number of nitrogens with one attached hydrogen (secondary N) is 1. The zero-order valence-electron chi connectivity index (χ0n) is 14.6. The van der Waals surface area contributed by atoms with E-state index in [0.717, 1.165) is 43.5 Å². The molecule has 1 N–H and O–H groups in total. The van der Waals surface area contributed by atoms with Gasteiger partial charge in [-0.15, -0.1) is 0 Å². The van der Waals surface area contributed by atoms with E-state index in [1.807, 2.05) is 34.9 Å². The zero-order chi connectivity index (χ0) is 17.6. The Morgan fingerprint density at radius 3 is 2.44 bits per heavy atom. The minimum absolute atomic E-state index is 0.0146. The number of hydrogen-bond acceptors (Lipinski definition) is 5. The van der Waals surface area contributed by atoms with E-state index < -0.39 is 6.04 Å². The number of carbonyl (C=O) groups excluding carboxylic acids is 2. The fourth-order valence-electron chi connectivity index (χ4n) is 3.08. The quantitative estimate of drug-likeness (QED) is 0.863. The van der Waals surface area contributed by atoms with Crippen molar-refractivity contribution in [3.05, 3.63) is 24.4 Å². The molecule has 0 bridgehead atoms. The highest BCUT2D eigenvalue weighted by Gasteiger charge is 2.27. The molecule has 1 aromatic rings. The number of nitrogens with zero attached hydrogens (tertiary/aromatic N) is 4. The van der Waals surface area contributed by atoms with Crippen LogP contribution in [0.1, 0.15) is 6.92 Å². The molecule has 3 heterocycles. The average Bonchev–Trinajstić information content (AvgIpc) is 2.68. The summed E-state index contributed by atoms with van der Waals surface area (Å²) >= 11 is 1.86. The third-order valence-electron chi connectivity index (χ3n) is 4.57. The highest BCUT2D eigenvalue weighted by molar-refractivity contribution is 7.99. The summed E-state index contributed by atoms with van der Waals surface area (Å²) in [4.78, 5) is 35.0. The molecule has 1 atom stereocenters. The monoisotopic (exact) mass is 363 g/mol. The van der Waals surface area contributed by atoms with Gasteiger partial charge in [0.2, 0.25) is 5.91 Å². The molecule has 136 valence electrons. The van der Waals surface area contributed by atoms with Gasteiger partial charge in [-0.3, -0.25) is 4.79 Å². The van der Waals surface area contributed by atoms with Crippen LogP contribution in [0.4, 0.5) is 10.6 Å². The highest BCUT2D eigenvalue weighted by atomic mass is 32.2. The third kappa shape index (κ3) is 4.56. The molecular formula is C17H25N5O2S. The van der Waals surface area contributed by atoms with E-state index in [1.165, 1.54) is 0 Å². The van der Waals surface area contributed by atoms with E-state index >= 15 is 0 Å². The van der Waals surface area contributed by atoms with Gasteiger partial charge in [-0.1, -0.05) is 6.07 Å². The molecule has 3 rings (SSSR count). The first-order valence-corrected chi connectivity index (χ1v) is 9.88. The van der Waals surface area contributed by atoms with Crippen molar-refractivity contribution in [3.63, 3.8) is 0 Å². The maximum atomic E-state index is 12.4. The second-order valence-corrected chi connectivity index (χ2v) is 7.50. The lowest BCUT2D eigenvalue weighted by molar-refractivity contribution is -0.132. The first kappa shape index (κ1) is 17.8. The predicted octanol–water partition coefficient (Wildman–Crippen LogP) is 0.877. The number of anilines is 1. The molecule has 0 saturated carbocycles. The standard InChI is InChI=1S/C17H25N5O2S/c1-14(16(23)21-10-12-25-13-11-21)19-17(24)22-8-6-20(7-9-22)15-4-2-3-5-18-15/h2-5,14H,6-13H2,1H3,(H,19,24)/t14-/m1/s1. The second kappa shape index (κ2) is 8.42. The Morgan fingerprint density at radius 1 is 1.08 bits per heavy atom. The van der Waals surface area contributed by atoms with Gasteiger partial charge in [0.25, 0.3) is 0 Å². The molecule has 0 unspecified atom stereocenters. The zero-order valence-corrected chi connectivity index (χ0v) is 15.4. The maximum Gasteiger partial charge on any atom is 0.318 e. The summed E-state index contributed by atoms with van der Waals surface area (Å²) in [6, 6.07) is 5.20. The van der Waals surface area contributed by atoms with Gasteiger partial charge in [-0.05, 0) is 19.1 Å². The fraction of sp³-hybridized carbons (Fsp3) is 0.588. The van der Waals surface area contributed by atoms with Gasteiger partial charge in [0.05, 0.1) is 0 Å². The lowest BCUT2D eigenvalue weighted by Gasteiger charge is -2.36. The summed E-state index contributed by atoms with van der Waals surface area (Å²) in [6.45, 7) is 6.06. The van der Waals surface area contributed by atoms with E-state index in [4.69, 9.17) is 0 Å². The van der Waals surface area contributed by atoms with Crippen molar-refractivity contribution in [2.75, 3.05) is 55.7 Å². The van der Waals surface area contributed by atoms with Crippen LogP contribution in [0, 0.1) is 0 Å². The van der Waals surface area contributed by atoms with Gasteiger partial charge in [0.1, 0.15) is 11.9 Å². The summed E-state index contributed by atoms with van der Waals surface area (Å²) < 4.78 is 0. The number of rotatable bonds is 3. The van der Waals surface area contributed by atoms with Crippen molar-refractivity contribution < 1.29 is 9.59 Å². The Bertz CT molecular complexity index is 586. The SMILES string of the molecule is C[C@@H](NC(=O)N1CCN(c2ccccn2)CC1)C(=O)N1CCSCC1. The Labute approximate surface area is 152 Å². The summed E-state index contributed by atoms with van der Waals surface area (Å²) in [5.41, 5.74) is 0. The molecule has 2 saturated heterocycles. The van der Waals surface area contributed by atoms with E-state index in [-0.39, 0.29) is 11.9 Å². The Balaban J connectivity index is 1.46. The molecule has 0 aliphatic carbocycles. The summed E-state index contributed by atoms with van der Waals surface area (Å²) in [5, 5.41) is 2.86. The molecule has 0 spiro atoms. The van der Waals surface area contributed by atoms with Crippen LogP contribution in [-0.2, 0) is 4.79 Å². The van der Waals surface area contributed by atoms with Crippen molar-refractivity contribution in [2.24, 2.45) is 0 Å². The largest absolute Gasteiger partial charge is 0.353 e. The lowest BCUT2D eigenvalue weighted by Crippen LogP contribution is -2.56. The maximum absolute atomic E-state index is 12.4. The Kier molecular flexibility index (Phi) is 6.01. The van der Waals surface area contributed by atoms with Crippen LogP contribution in [0.5, 0.6) is 0 Å². The Morgan fingerprint density at radius 2 is 1.80 bits per heavy atom. The number of amides is 3. The fourth-order valence-corrected chi connectivity index (χ4v) is 3.98. The van der Waals surface area contributed by atoms with Crippen molar-refractivity contribution in [3.8, 4) is 0 Å². The number of pyridine rings is 1. The van der Waals surface area contributed by atoms with Crippen molar-refractivity contribution in [1.29, 1.82) is 0 Å². The van der Waals surface area contributed by atoms with E-state index in [0.29, 0.717) is 13.1 Å². The number of urea groups is 1. The summed E-state index contributed by atoms with van der Waals surface area (Å²) in [7, 11) is 0. The minimum Gasteiger partial charge on any atom is -0.353 e. The van der Waals surface area contributed by atoms with Gasteiger partial charge in [-0.25, -0.2) is 9.78 Å². The predicted molar refractivity (Wildman–Crippen MR) is 99.9 cm³/mol. The van der Waals surface area contributed by atoms with Crippen LogP contribution in [-0.4, -0.2) is 83.5 Å². The highest BCUT2D eigenvalue weighted by Crippen LogP contribution is 2.13. The van der Waals surface area contributed by atoms with E-state index in [9.17, 15) is 9.59 Å². The van der Waals surface area contributed by atoms with Crippen LogP contribution < -0.4 is 10.2 Å². The smallest absolute Gasteiger partial charge is 0.318 e. The molecule has 7 nitrogen and oxygen atoms in total. The molecule has 8 heteroatoms. The molecule has 0 aromatic carbocycles. The van der Waals surface area contributed by atoms with Crippen LogP contribution in [0.25, 0.3) is 0 Å². The first-order chi connectivity index (χ1) is 12.1. The summed E-state index contributed by atoms with van der Waals surface area (Å²) in [6.07, 6.45) is 1.78. The van der Waals surface area contributed by atoms with Crippen molar-refractivity contribution in [1.82, 2.24) is 20.1 Å². The van der Waals surface area contributed by atoms with E-state index in [1.54, 1.807) is 18.0 Å². The van der Waals surface area contributed by atoms with Crippen molar-refractivity contribution in [2.45, 2.75) is 13.0 Å². The van der Waals surface area contributed by atoms with Crippen molar-refractivity contribution >= 4 is 29.5 Å². The average molecular weight is 363 g/mol. The number of thioether (sulfide) groups is 1.